The molecular weight excluding hydrogens is 809 g/mol. The van der Waals surface area contributed by atoms with Crippen LogP contribution in [-0.4, -0.2) is 54.5 Å². The van der Waals surface area contributed by atoms with Crippen LogP contribution in [0.25, 0.3) is 35.2 Å². The van der Waals surface area contributed by atoms with Crippen LogP contribution in [0.15, 0.2) is 29.6 Å². The molecule has 0 unspecified atom stereocenters. The van der Waals surface area contributed by atoms with Gasteiger partial charge in [-0.2, -0.15) is 11.4 Å². The number of Topliss-reactive ketones (excluding diaryl/α,β-unsaturated/α-hetero) is 1. The first-order valence-corrected chi connectivity index (χ1v) is 23.3. The number of hydrogen-bond acceptors (Lipinski definition) is 5. The van der Waals surface area contributed by atoms with Gasteiger partial charge in [0.05, 0.1) is 7.11 Å². The van der Waals surface area contributed by atoms with Gasteiger partial charge in [-0.3, -0.25) is 14.4 Å². The average molecular weight is 881 g/mol. The molecule has 0 saturated carbocycles. The van der Waals surface area contributed by atoms with Gasteiger partial charge in [-0.05, 0) is 88.7 Å². The average Bonchev–Trinajstić information content (AvgIpc) is 3.97. The maximum absolute atomic E-state index is 14.2. The Morgan fingerprint density at radius 2 is 1.47 bits per heavy atom. The second-order valence-corrected chi connectivity index (χ2v) is 19.1. The van der Waals surface area contributed by atoms with E-state index in [0.717, 1.165) is 79.8 Å². The van der Waals surface area contributed by atoms with Crippen molar-refractivity contribution in [3.8, 4) is 0 Å². The Morgan fingerprint density at radius 3 is 2.05 bits per heavy atom. The topological polar surface area (TPSA) is 126 Å². The zero-order chi connectivity index (χ0) is 46.3. The summed E-state index contributed by atoms with van der Waals surface area (Å²) >= 11 is 0. The second-order valence-electron chi connectivity index (χ2n) is 19.1. The molecule has 9 nitrogen and oxygen atoms in total. The number of rotatable bonds is 16. The minimum atomic E-state index is -1.21. The molecule has 5 heterocycles. The maximum Gasteiger partial charge on any atom is 2.00 e. The van der Waals surface area contributed by atoms with Gasteiger partial charge in [0.2, 0.25) is 0 Å². The summed E-state index contributed by atoms with van der Waals surface area (Å²) in [5, 5.41) is 6.75. The van der Waals surface area contributed by atoms with Crippen molar-refractivity contribution < 1.29 is 23.9 Å². The third kappa shape index (κ3) is 11.9. The van der Waals surface area contributed by atoms with E-state index in [1.807, 2.05) is 58.1 Å². The van der Waals surface area contributed by atoms with E-state index in [9.17, 15) is 14.4 Å². The summed E-state index contributed by atoms with van der Waals surface area (Å²) in [5.41, 5.74) is 10.4. The number of hydrogen-bond donors (Lipinski definition) is 0. The minimum absolute atomic E-state index is 0. The van der Waals surface area contributed by atoms with Crippen molar-refractivity contribution in [2.24, 2.45) is 35.5 Å². The number of allylic oxidation sites excluding steroid dienone is 3. The smallest absolute Gasteiger partial charge is 0.664 e. The molecule has 0 N–H and O–H groups in total. The molecule has 0 aromatic carbocycles. The van der Waals surface area contributed by atoms with E-state index in [1.54, 1.807) is 0 Å². The molecular formula is C54H72MgN4O5-2. The fourth-order valence-corrected chi connectivity index (χ4v) is 9.19. The summed E-state index contributed by atoms with van der Waals surface area (Å²) in [5.74, 6) is -0.325. The summed E-state index contributed by atoms with van der Waals surface area (Å²) in [6.07, 6.45) is 19.4. The fraction of sp³-hybridized carbons (Fsp3) is 0.537. The van der Waals surface area contributed by atoms with Crippen LogP contribution in [-0.2, 0) is 25.5 Å². The standard InChI is InChI=1S/C40H43N4O5.C14H30.Mg/c1-10-24-20(5)27-16-29-22(7)26(12-13-33(45)49-15-14-19(3)4)37(43-29)35-36(40(47)48-9)39(46)34-23(8)30(44-38(34)35)18-32-25(11-2)21(6)28(42-32)17-31(24)41-27;1-12(2)8-6-10-14(5)11-7-9-13(3)4;/h10,14,16-18,22,26,36H,1,11-13,15H2,2-9H3,(H-,43,44,46);12-14H,6-11H2,1-5H3;/q-3;;+2/p-1/b28-17-,29-16-,32-18-;;/t22-,26-,36+;;/m0../s1. The van der Waals surface area contributed by atoms with Gasteiger partial charge in [0.1, 0.15) is 12.5 Å². The Morgan fingerprint density at radius 1 is 0.844 bits per heavy atom. The monoisotopic (exact) mass is 881 g/mol. The van der Waals surface area contributed by atoms with Crippen LogP contribution in [0, 0.1) is 56.3 Å². The quantitative estimate of drug-likeness (QED) is 0.0603. The summed E-state index contributed by atoms with van der Waals surface area (Å²) in [6, 6.07) is 0. The van der Waals surface area contributed by atoms with Crippen LogP contribution in [0.5, 0.6) is 0 Å². The Bertz CT molecular complexity index is 2380. The predicted octanol–water partition coefficient (Wildman–Crippen LogP) is 10.2. The van der Waals surface area contributed by atoms with Gasteiger partial charge in [-0.15, -0.1) is 33.5 Å². The molecule has 1 aliphatic carbocycles. The molecule has 2 aliphatic heterocycles. The molecule has 0 amide bonds. The summed E-state index contributed by atoms with van der Waals surface area (Å²) in [4.78, 5) is 55.5. The molecule has 6 rings (SSSR count). The van der Waals surface area contributed by atoms with Crippen molar-refractivity contribution in [1.29, 1.82) is 0 Å². The normalized spacial score (nSPS) is 20.3. The van der Waals surface area contributed by atoms with Gasteiger partial charge in [0, 0.05) is 12.0 Å². The molecule has 1 fully saturated rings. The third-order valence-corrected chi connectivity index (χ3v) is 13.1. The first-order valence-electron chi connectivity index (χ1n) is 23.3. The van der Waals surface area contributed by atoms with Gasteiger partial charge >= 0.3 is 35.0 Å². The second kappa shape index (κ2) is 23.3. The molecule has 3 aromatic heterocycles. The Labute approximate surface area is 399 Å². The number of fused-ring (bicyclic) bond motifs is 7. The number of carbonyl (C=O) groups is 3. The van der Waals surface area contributed by atoms with E-state index in [4.69, 9.17) is 29.7 Å². The van der Waals surface area contributed by atoms with Crippen LogP contribution >= 0.6 is 0 Å². The maximum atomic E-state index is 14.2. The van der Waals surface area contributed by atoms with Crippen molar-refractivity contribution in [2.75, 3.05) is 13.7 Å². The number of aromatic nitrogens is 3. The minimum Gasteiger partial charge on any atom is -0.664 e. The van der Waals surface area contributed by atoms with Crippen molar-refractivity contribution in [2.45, 2.75) is 141 Å². The van der Waals surface area contributed by atoms with E-state index in [-0.39, 0.29) is 59.7 Å². The molecule has 0 radical (unpaired) electrons. The molecule has 3 aromatic rings. The van der Waals surface area contributed by atoms with E-state index >= 15 is 0 Å². The number of ketones is 1. The van der Waals surface area contributed by atoms with Gasteiger partial charge in [-0.25, -0.2) is 0 Å². The summed E-state index contributed by atoms with van der Waals surface area (Å²) in [6.45, 7) is 30.0. The summed E-state index contributed by atoms with van der Waals surface area (Å²) < 4.78 is 10.7. The number of nitrogens with zero attached hydrogens (tertiary/aromatic N) is 4. The first-order chi connectivity index (χ1) is 29.9. The van der Waals surface area contributed by atoms with E-state index in [0.29, 0.717) is 40.2 Å². The summed E-state index contributed by atoms with van der Waals surface area (Å²) in [7, 11) is 1.28. The molecule has 0 spiro atoms. The van der Waals surface area contributed by atoms with Crippen molar-refractivity contribution >= 4 is 70.7 Å². The van der Waals surface area contributed by atoms with E-state index in [2.05, 4.69) is 62.0 Å². The number of ether oxygens (including phenoxy) is 2. The van der Waals surface area contributed by atoms with Gasteiger partial charge in [-0.1, -0.05) is 151 Å². The molecule has 3 aliphatic rings. The van der Waals surface area contributed by atoms with E-state index < -0.39 is 11.9 Å². The molecule has 1 saturated heterocycles. The fourth-order valence-electron chi connectivity index (χ4n) is 9.19. The predicted molar refractivity (Wildman–Crippen MR) is 262 cm³/mol. The van der Waals surface area contributed by atoms with Gasteiger partial charge < -0.3 is 29.7 Å². The van der Waals surface area contributed by atoms with Gasteiger partial charge in [0.25, 0.3) is 0 Å². The van der Waals surface area contributed by atoms with Crippen LogP contribution in [0.2, 0.25) is 0 Å². The van der Waals surface area contributed by atoms with Gasteiger partial charge in [0.15, 0.2) is 5.78 Å². The molecule has 342 valence electrons. The van der Waals surface area contributed by atoms with Crippen LogP contribution < -0.4 is 25.7 Å². The zero-order valence-electron chi connectivity index (χ0n) is 41.2. The SMILES string of the molecule is C=Cc1c2[n-]c(c1C)/C=C1\[N-]/C(=C3\c4[n-]c(c(C)c4C(=O)[C@@H]3C(=O)OC)/C=c3\[n-]/c(c(C)c3CC)=C\2)[C@@H](CCC(=O)OCC=C(C)C)[C@@H]1C.CC(C)CCCC(C)CCCC(C)C.[Mg+2]. The van der Waals surface area contributed by atoms with Crippen LogP contribution in [0.1, 0.15) is 175 Å². The Balaban J connectivity index is 0.000000517. The number of esters is 2. The zero-order valence-corrected chi connectivity index (χ0v) is 42.6. The molecule has 64 heavy (non-hydrogen) atoms. The Kier molecular flexibility index (Phi) is 19.0. The van der Waals surface area contributed by atoms with Crippen LogP contribution in [0.4, 0.5) is 0 Å². The molecule has 3 atom stereocenters. The van der Waals surface area contributed by atoms with Crippen LogP contribution in [0.3, 0.4) is 0 Å². The number of methoxy groups -OCH3 is 1. The van der Waals surface area contributed by atoms with E-state index in [1.165, 1.54) is 45.6 Å². The third-order valence-electron chi connectivity index (χ3n) is 13.1. The largest absolute Gasteiger partial charge is 2.00 e. The van der Waals surface area contributed by atoms with Crippen molar-refractivity contribution in [1.82, 2.24) is 15.0 Å². The first kappa shape index (κ1) is 52.3. The molecule has 10 heteroatoms. The molecule has 8 bridgehead atoms. The van der Waals surface area contributed by atoms with Crippen molar-refractivity contribution in [3.63, 3.8) is 0 Å². The number of carbonyl (C=O) groups excluding carboxylic acids is 3. The van der Waals surface area contributed by atoms with Crippen molar-refractivity contribution in [3.05, 3.63) is 102 Å². The Hall–Kier alpha value is -4.28.